The van der Waals surface area contributed by atoms with Gasteiger partial charge in [0, 0.05) is 25.0 Å². The Hall–Kier alpha value is -1.82. The molecule has 0 bridgehead atoms. The van der Waals surface area contributed by atoms with E-state index in [-0.39, 0.29) is 11.9 Å². The summed E-state index contributed by atoms with van der Waals surface area (Å²) in [5.74, 6) is 1.64. The molecule has 110 valence electrons. The molecule has 0 N–H and O–H groups in total. The van der Waals surface area contributed by atoms with Crippen LogP contribution in [-0.4, -0.2) is 44.6 Å². The minimum absolute atomic E-state index is 0.221. The van der Waals surface area contributed by atoms with Crippen LogP contribution in [0, 0.1) is 0 Å². The van der Waals surface area contributed by atoms with Crippen molar-refractivity contribution >= 4 is 17.7 Å². The first kappa shape index (κ1) is 14.1. The van der Waals surface area contributed by atoms with Crippen molar-refractivity contribution in [2.24, 2.45) is 0 Å². The van der Waals surface area contributed by atoms with Gasteiger partial charge >= 0.3 is 0 Å². The van der Waals surface area contributed by atoms with Crippen molar-refractivity contribution in [2.75, 3.05) is 18.8 Å². The van der Waals surface area contributed by atoms with E-state index in [0.717, 1.165) is 25.3 Å². The van der Waals surface area contributed by atoms with E-state index in [9.17, 15) is 4.79 Å². The highest BCUT2D eigenvalue weighted by Gasteiger charge is 2.27. The van der Waals surface area contributed by atoms with Gasteiger partial charge in [-0.05, 0) is 12.0 Å². The quantitative estimate of drug-likeness (QED) is 0.847. The standard InChI is InChI=1S/C15H18N4OS/c20-15(12-21-11-13-4-2-1-3-5-13)18-8-6-14(10-18)19-9-7-16-17-19/h1-5,7,9,14H,6,8,10-12H2/t14-/m1/s1. The highest BCUT2D eigenvalue weighted by Crippen LogP contribution is 2.21. The molecule has 2 aromatic rings. The van der Waals surface area contributed by atoms with Crippen LogP contribution in [0.4, 0.5) is 0 Å². The maximum atomic E-state index is 12.2. The number of nitrogens with zero attached hydrogens (tertiary/aromatic N) is 4. The van der Waals surface area contributed by atoms with E-state index >= 15 is 0 Å². The number of thioether (sulfide) groups is 1. The molecule has 1 aliphatic heterocycles. The summed E-state index contributed by atoms with van der Waals surface area (Å²) >= 11 is 1.67. The Bertz CT molecular complexity index is 573. The fourth-order valence-electron chi connectivity index (χ4n) is 2.52. The Morgan fingerprint density at radius 1 is 1.33 bits per heavy atom. The Labute approximate surface area is 128 Å². The van der Waals surface area contributed by atoms with Gasteiger partial charge in [-0.15, -0.1) is 16.9 Å². The monoisotopic (exact) mass is 302 g/mol. The molecule has 1 fully saturated rings. The molecule has 1 aromatic carbocycles. The Morgan fingerprint density at radius 3 is 2.95 bits per heavy atom. The largest absolute Gasteiger partial charge is 0.340 e. The summed E-state index contributed by atoms with van der Waals surface area (Å²) < 4.78 is 1.85. The third-order valence-corrected chi connectivity index (χ3v) is 4.66. The molecule has 2 heterocycles. The normalized spacial score (nSPS) is 18.1. The van der Waals surface area contributed by atoms with Crippen molar-refractivity contribution < 1.29 is 4.79 Å². The Morgan fingerprint density at radius 2 is 2.19 bits per heavy atom. The number of likely N-dealkylation sites (tertiary alicyclic amines) is 1. The van der Waals surface area contributed by atoms with Gasteiger partial charge in [-0.1, -0.05) is 35.5 Å². The zero-order chi connectivity index (χ0) is 14.5. The van der Waals surface area contributed by atoms with Gasteiger partial charge in [-0.2, -0.15) is 0 Å². The van der Waals surface area contributed by atoms with Gasteiger partial charge in [0.2, 0.25) is 5.91 Å². The van der Waals surface area contributed by atoms with Gasteiger partial charge in [-0.25, -0.2) is 4.68 Å². The second-order valence-electron chi connectivity index (χ2n) is 5.14. The van der Waals surface area contributed by atoms with Crippen molar-refractivity contribution in [2.45, 2.75) is 18.2 Å². The first-order valence-electron chi connectivity index (χ1n) is 7.08. The molecule has 0 saturated carbocycles. The fourth-order valence-corrected chi connectivity index (χ4v) is 3.41. The minimum atomic E-state index is 0.221. The summed E-state index contributed by atoms with van der Waals surface area (Å²) in [4.78, 5) is 14.1. The molecule has 6 heteroatoms. The topological polar surface area (TPSA) is 51.0 Å². The van der Waals surface area contributed by atoms with E-state index in [1.165, 1.54) is 5.56 Å². The molecule has 0 radical (unpaired) electrons. The second kappa shape index (κ2) is 6.76. The molecule has 1 atom stereocenters. The van der Waals surface area contributed by atoms with Crippen molar-refractivity contribution in [3.05, 3.63) is 48.3 Å². The van der Waals surface area contributed by atoms with Crippen LogP contribution in [0.1, 0.15) is 18.0 Å². The number of hydrogen-bond donors (Lipinski definition) is 0. The van der Waals surface area contributed by atoms with Crippen molar-refractivity contribution in [3.8, 4) is 0 Å². The number of carbonyl (C=O) groups excluding carboxylic acids is 1. The average molecular weight is 302 g/mol. The van der Waals surface area contributed by atoms with Crippen LogP contribution in [0.25, 0.3) is 0 Å². The summed E-state index contributed by atoms with van der Waals surface area (Å²) in [5, 5.41) is 7.84. The Kier molecular flexibility index (Phi) is 4.55. The molecule has 1 aromatic heterocycles. The molecule has 1 saturated heterocycles. The smallest absolute Gasteiger partial charge is 0.232 e. The predicted octanol–water partition coefficient (Wildman–Crippen LogP) is 1.98. The molecule has 1 amide bonds. The molecule has 1 aliphatic rings. The molecule has 3 rings (SSSR count). The van der Waals surface area contributed by atoms with Gasteiger partial charge in [0.15, 0.2) is 0 Å². The van der Waals surface area contributed by atoms with E-state index < -0.39 is 0 Å². The average Bonchev–Trinajstić information content (AvgIpc) is 3.19. The SMILES string of the molecule is O=C(CSCc1ccccc1)N1CC[C@@H](n2ccnn2)C1. The van der Waals surface area contributed by atoms with Crippen molar-refractivity contribution in [3.63, 3.8) is 0 Å². The lowest BCUT2D eigenvalue weighted by molar-refractivity contribution is -0.127. The molecular formula is C15H18N4OS. The van der Waals surface area contributed by atoms with Crippen LogP contribution < -0.4 is 0 Å². The van der Waals surface area contributed by atoms with Gasteiger partial charge in [0.25, 0.3) is 0 Å². The van der Waals surface area contributed by atoms with E-state index in [4.69, 9.17) is 0 Å². The summed E-state index contributed by atoms with van der Waals surface area (Å²) in [6.45, 7) is 1.56. The molecule has 0 spiro atoms. The zero-order valence-corrected chi connectivity index (χ0v) is 12.6. The Balaban J connectivity index is 1.44. The van der Waals surface area contributed by atoms with Gasteiger partial charge < -0.3 is 4.90 Å². The van der Waals surface area contributed by atoms with Crippen molar-refractivity contribution in [1.29, 1.82) is 0 Å². The third kappa shape index (κ3) is 3.64. The minimum Gasteiger partial charge on any atom is -0.340 e. The third-order valence-electron chi connectivity index (χ3n) is 3.67. The zero-order valence-electron chi connectivity index (χ0n) is 11.8. The number of aromatic nitrogens is 3. The number of benzene rings is 1. The van der Waals surface area contributed by atoms with E-state index in [1.54, 1.807) is 18.0 Å². The number of amides is 1. The number of rotatable bonds is 5. The van der Waals surface area contributed by atoms with Gasteiger partial charge in [0.05, 0.1) is 18.0 Å². The molecule has 0 aliphatic carbocycles. The predicted molar refractivity (Wildman–Crippen MR) is 82.9 cm³/mol. The highest BCUT2D eigenvalue weighted by atomic mass is 32.2. The number of carbonyl (C=O) groups is 1. The van der Waals surface area contributed by atoms with Crippen LogP contribution >= 0.6 is 11.8 Å². The molecular weight excluding hydrogens is 284 g/mol. The molecule has 21 heavy (non-hydrogen) atoms. The van der Waals surface area contributed by atoms with Crippen molar-refractivity contribution in [1.82, 2.24) is 19.9 Å². The summed E-state index contributed by atoms with van der Waals surface area (Å²) in [6, 6.07) is 10.5. The lowest BCUT2D eigenvalue weighted by Gasteiger charge is -2.16. The van der Waals surface area contributed by atoms with Crippen LogP contribution in [0.5, 0.6) is 0 Å². The first-order valence-corrected chi connectivity index (χ1v) is 8.23. The lowest BCUT2D eigenvalue weighted by atomic mass is 10.2. The van der Waals surface area contributed by atoms with E-state index in [0.29, 0.717) is 5.75 Å². The van der Waals surface area contributed by atoms with Gasteiger partial charge in [0.1, 0.15) is 0 Å². The highest BCUT2D eigenvalue weighted by molar-refractivity contribution is 7.99. The van der Waals surface area contributed by atoms with Crippen LogP contribution in [0.3, 0.4) is 0 Å². The number of hydrogen-bond acceptors (Lipinski definition) is 4. The second-order valence-corrected chi connectivity index (χ2v) is 6.13. The summed E-state index contributed by atoms with van der Waals surface area (Å²) in [7, 11) is 0. The van der Waals surface area contributed by atoms with E-state index in [2.05, 4.69) is 22.4 Å². The summed E-state index contributed by atoms with van der Waals surface area (Å²) in [6.07, 6.45) is 4.50. The van der Waals surface area contributed by atoms with Gasteiger partial charge in [-0.3, -0.25) is 4.79 Å². The van der Waals surface area contributed by atoms with Crippen LogP contribution in [0.2, 0.25) is 0 Å². The maximum absolute atomic E-state index is 12.2. The lowest BCUT2D eigenvalue weighted by Crippen LogP contribution is -2.30. The molecule has 5 nitrogen and oxygen atoms in total. The summed E-state index contributed by atoms with van der Waals surface area (Å²) in [5.41, 5.74) is 1.26. The molecule has 0 unspecified atom stereocenters. The first-order chi connectivity index (χ1) is 10.3. The maximum Gasteiger partial charge on any atom is 0.232 e. The van der Waals surface area contributed by atoms with E-state index in [1.807, 2.05) is 34.0 Å². The van der Waals surface area contributed by atoms with Crippen LogP contribution in [0.15, 0.2) is 42.7 Å². The van der Waals surface area contributed by atoms with Crippen LogP contribution in [-0.2, 0) is 10.5 Å². The fraction of sp³-hybridized carbons (Fsp3) is 0.400.